The van der Waals surface area contributed by atoms with Gasteiger partial charge >= 0.3 is 12.1 Å². The SMILES string of the molecule is CC(CNC(=O)OCC1c2ccccc2-c2ccccc21)C(=O)NC1(C(=O)O)CCN(Cc2ccccc2)CC1. The maximum absolute atomic E-state index is 13.0. The Labute approximate surface area is 234 Å². The van der Waals surface area contributed by atoms with Crippen molar-refractivity contribution in [2.24, 2.45) is 5.92 Å². The number of hydrogen-bond acceptors (Lipinski definition) is 5. The van der Waals surface area contributed by atoms with E-state index >= 15 is 0 Å². The number of likely N-dealkylation sites (tertiary alicyclic amines) is 1. The predicted molar refractivity (Wildman–Crippen MR) is 152 cm³/mol. The van der Waals surface area contributed by atoms with Gasteiger partial charge in [0.15, 0.2) is 0 Å². The molecule has 1 saturated heterocycles. The van der Waals surface area contributed by atoms with Gasteiger partial charge in [-0.05, 0) is 40.7 Å². The number of nitrogens with zero attached hydrogens (tertiary/aromatic N) is 1. The van der Waals surface area contributed by atoms with Crippen LogP contribution in [0.25, 0.3) is 11.1 Å². The molecular formula is C32H35N3O5. The summed E-state index contributed by atoms with van der Waals surface area (Å²) in [5.41, 5.74) is 4.40. The monoisotopic (exact) mass is 541 g/mol. The molecule has 2 aliphatic rings. The second-order valence-corrected chi connectivity index (χ2v) is 10.7. The highest BCUT2D eigenvalue weighted by atomic mass is 16.5. The van der Waals surface area contributed by atoms with E-state index < -0.39 is 29.4 Å². The largest absolute Gasteiger partial charge is 0.480 e. The van der Waals surface area contributed by atoms with Crippen molar-refractivity contribution in [2.45, 2.75) is 37.8 Å². The van der Waals surface area contributed by atoms with Gasteiger partial charge in [-0.25, -0.2) is 9.59 Å². The first-order chi connectivity index (χ1) is 19.4. The highest BCUT2D eigenvalue weighted by Gasteiger charge is 2.43. The van der Waals surface area contributed by atoms with Crippen LogP contribution < -0.4 is 10.6 Å². The summed E-state index contributed by atoms with van der Waals surface area (Å²) < 4.78 is 5.56. The van der Waals surface area contributed by atoms with Crippen LogP contribution in [0, 0.1) is 5.92 Å². The van der Waals surface area contributed by atoms with E-state index in [1.165, 1.54) is 5.56 Å². The molecule has 1 heterocycles. The van der Waals surface area contributed by atoms with Crippen molar-refractivity contribution in [3.63, 3.8) is 0 Å². The zero-order valence-electron chi connectivity index (χ0n) is 22.6. The molecule has 1 aliphatic heterocycles. The summed E-state index contributed by atoms with van der Waals surface area (Å²) in [5, 5.41) is 15.5. The van der Waals surface area contributed by atoms with Gasteiger partial charge in [-0.1, -0.05) is 85.8 Å². The van der Waals surface area contributed by atoms with E-state index in [0.717, 1.165) is 28.8 Å². The van der Waals surface area contributed by atoms with Crippen LogP contribution in [0.2, 0.25) is 0 Å². The van der Waals surface area contributed by atoms with Crippen LogP contribution in [0.3, 0.4) is 0 Å². The Kier molecular flexibility index (Phi) is 8.16. The van der Waals surface area contributed by atoms with Crippen LogP contribution >= 0.6 is 0 Å². The van der Waals surface area contributed by atoms with Crippen molar-refractivity contribution in [3.8, 4) is 11.1 Å². The lowest BCUT2D eigenvalue weighted by atomic mass is 9.86. The molecular weight excluding hydrogens is 506 g/mol. The lowest BCUT2D eigenvalue weighted by Gasteiger charge is -2.39. The quantitative estimate of drug-likeness (QED) is 0.371. The summed E-state index contributed by atoms with van der Waals surface area (Å²) >= 11 is 0. The Balaban J connectivity index is 1.10. The molecule has 1 unspecified atom stereocenters. The van der Waals surface area contributed by atoms with Crippen molar-refractivity contribution >= 4 is 18.0 Å². The van der Waals surface area contributed by atoms with Gasteiger partial charge in [0.2, 0.25) is 5.91 Å². The highest BCUT2D eigenvalue weighted by molar-refractivity contribution is 5.88. The molecule has 3 aromatic rings. The summed E-state index contributed by atoms with van der Waals surface area (Å²) in [6.45, 7) is 3.76. The summed E-state index contributed by atoms with van der Waals surface area (Å²) in [5.74, 6) is -2.11. The number of rotatable bonds is 9. The van der Waals surface area contributed by atoms with E-state index in [2.05, 4.69) is 39.8 Å². The Bertz CT molecular complexity index is 1320. The minimum Gasteiger partial charge on any atom is -0.480 e. The van der Waals surface area contributed by atoms with Crippen LogP contribution in [0.15, 0.2) is 78.9 Å². The summed E-state index contributed by atoms with van der Waals surface area (Å²) in [6, 6.07) is 26.3. The summed E-state index contributed by atoms with van der Waals surface area (Å²) in [4.78, 5) is 39.9. The second kappa shape index (κ2) is 11.9. The highest BCUT2D eigenvalue weighted by Crippen LogP contribution is 2.44. The van der Waals surface area contributed by atoms with Crippen molar-refractivity contribution in [2.75, 3.05) is 26.2 Å². The van der Waals surface area contributed by atoms with Gasteiger partial charge in [-0.2, -0.15) is 0 Å². The van der Waals surface area contributed by atoms with Crippen molar-refractivity contribution < 1.29 is 24.2 Å². The number of fused-ring (bicyclic) bond motifs is 3. The van der Waals surface area contributed by atoms with Crippen LogP contribution in [-0.4, -0.2) is 59.8 Å². The third-order valence-electron chi connectivity index (χ3n) is 8.07. The number of carboxylic acid groups (broad SMARTS) is 1. The zero-order chi connectivity index (χ0) is 28.1. The number of carbonyl (C=O) groups excluding carboxylic acids is 2. The van der Waals surface area contributed by atoms with E-state index in [-0.39, 0.29) is 19.1 Å². The fourth-order valence-electron chi connectivity index (χ4n) is 5.66. The average Bonchev–Trinajstić information content (AvgIpc) is 3.30. The van der Waals surface area contributed by atoms with Crippen LogP contribution in [0.4, 0.5) is 4.79 Å². The molecule has 1 fully saturated rings. The summed E-state index contributed by atoms with van der Waals surface area (Å²) in [7, 11) is 0. The molecule has 8 heteroatoms. The van der Waals surface area contributed by atoms with Crippen molar-refractivity contribution in [3.05, 3.63) is 95.6 Å². The number of carbonyl (C=O) groups is 3. The normalized spacial score (nSPS) is 16.8. The number of nitrogens with one attached hydrogen (secondary N) is 2. The Morgan fingerprint density at radius 1 is 0.925 bits per heavy atom. The van der Waals surface area contributed by atoms with E-state index in [1.54, 1.807) is 6.92 Å². The molecule has 0 radical (unpaired) electrons. The first-order valence-electron chi connectivity index (χ1n) is 13.8. The third-order valence-corrected chi connectivity index (χ3v) is 8.07. The first kappa shape index (κ1) is 27.4. The van der Waals surface area contributed by atoms with E-state index in [0.29, 0.717) is 25.9 Å². The predicted octanol–water partition coefficient (Wildman–Crippen LogP) is 4.40. The number of hydrogen-bond donors (Lipinski definition) is 3. The number of amides is 2. The zero-order valence-corrected chi connectivity index (χ0v) is 22.6. The van der Waals surface area contributed by atoms with Crippen LogP contribution in [0.5, 0.6) is 0 Å². The molecule has 0 spiro atoms. The second-order valence-electron chi connectivity index (χ2n) is 10.7. The standard InChI is InChI=1S/C32H35N3O5/c1-22(29(36)34-32(30(37)38)15-17-35(18-16-32)20-23-9-3-2-4-10-23)19-33-31(39)40-21-28-26-13-7-5-11-24(26)25-12-6-8-14-27(25)28/h2-14,22,28H,15-21H2,1H3,(H,33,39)(H,34,36)(H,37,38). The number of carboxylic acids is 1. The van der Waals surface area contributed by atoms with Crippen LogP contribution in [-0.2, 0) is 20.9 Å². The molecule has 5 rings (SSSR count). The van der Waals surface area contributed by atoms with E-state index in [9.17, 15) is 19.5 Å². The lowest BCUT2D eigenvalue weighted by Crippen LogP contribution is -2.61. The van der Waals surface area contributed by atoms with Gasteiger partial charge in [0.1, 0.15) is 12.1 Å². The van der Waals surface area contributed by atoms with Gasteiger partial charge in [0.05, 0.1) is 5.92 Å². The van der Waals surface area contributed by atoms with E-state index in [1.807, 2.05) is 54.6 Å². The topological polar surface area (TPSA) is 108 Å². The fourth-order valence-corrected chi connectivity index (χ4v) is 5.66. The minimum absolute atomic E-state index is 0.0400. The Morgan fingerprint density at radius 2 is 1.50 bits per heavy atom. The third kappa shape index (κ3) is 5.87. The maximum Gasteiger partial charge on any atom is 0.407 e. The van der Waals surface area contributed by atoms with Crippen molar-refractivity contribution in [1.82, 2.24) is 15.5 Å². The first-order valence-corrected chi connectivity index (χ1v) is 13.8. The fraction of sp³-hybridized carbons (Fsp3) is 0.344. The van der Waals surface area contributed by atoms with E-state index in [4.69, 9.17) is 4.74 Å². The smallest absolute Gasteiger partial charge is 0.407 e. The van der Waals surface area contributed by atoms with Crippen molar-refractivity contribution in [1.29, 1.82) is 0 Å². The van der Waals surface area contributed by atoms with Gasteiger partial charge in [-0.15, -0.1) is 0 Å². The lowest BCUT2D eigenvalue weighted by molar-refractivity contribution is -0.150. The number of alkyl carbamates (subject to hydrolysis) is 1. The molecule has 3 aromatic carbocycles. The molecule has 8 nitrogen and oxygen atoms in total. The Morgan fingerprint density at radius 3 is 2.10 bits per heavy atom. The molecule has 1 aliphatic carbocycles. The minimum atomic E-state index is -1.32. The van der Waals surface area contributed by atoms with Gasteiger partial charge < -0.3 is 20.5 Å². The Hall–Kier alpha value is -4.17. The number of piperidine rings is 1. The number of aliphatic carboxylic acids is 1. The maximum atomic E-state index is 13.0. The molecule has 1 atom stereocenters. The molecule has 208 valence electrons. The molecule has 0 bridgehead atoms. The molecule has 0 aromatic heterocycles. The molecule has 3 N–H and O–H groups in total. The van der Waals surface area contributed by atoms with Crippen LogP contribution in [0.1, 0.15) is 42.4 Å². The number of ether oxygens (including phenoxy) is 1. The molecule has 40 heavy (non-hydrogen) atoms. The van der Waals surface area contributed by atoms with Gasteiger partial charge in [0.25, 0.3) is 0 Å². The van der Waals surface area contributed by atoms with Gasteiger partial charge in [-0.3, -0.25) is 9.69 Å². The number of benzene rings is 3. The molecule has 2 amide bonds. The van der Waals surface area contributed by atoms with Gasteiger partial charge in [0, 0.05) is 32.1 Å². The average molecular weight is 542 g/mol. The molecule has 0 saturated carbocycles. The summed E-state index contributed by atoms with van der Waals surface area (Å²) in [6.07, 6.45) is 0.0182.